The molecule has 0 aromatic heterocycles. The molecule has 0 unspecified atom stereocenters. The summed E-state index contributed by atoms with van der Waals surface area (Å²) in [5.41, 5.74) is 2.78. The number of esters is 6. The Bertz CT molecular complexity index is 2360. The fraction of sp³-hybridized carbons (Fsp3) is 0.160. The SMILES string of the molecule is COC(=O)c1ccc([P+](C)(c2ccc(C(=O)OC)cc2)c2ccc(C(=O)OC)cc2)cc1.COC(=O)c1ccc([P+](C)(c2ccc(C(=O)OC)cc2)c2ccc(C(=O)OC)cc2)cc1.[Cl][Mn-]([Cl])([Cl])[Cl].[Cl][Mn-]([Cl])([Cl])[Cl]. The fourth-order valence-electron chi connectivity index (χ4n) is 6.98. The van der Waals surface area contributed by atoms with E-state index in [1.54, 1.807) is 72.8 Å². The molecule has 6 aromatic rings. The van der Waals surface area contributed by atoms with Gasteiger partial charge in [0.2, 0.25) is 0 Å². The summed E-state index contributed by atoms with van der Waals surface area (Å²) in [5.74, 6) is -2.41. The summed E-state index contributed by atoms with van der Waals surface area (Å²) in [4.78, 5) is 71.2. The number of rotatable bonds is 12. The first-order valence-corrected chi connectivity index (χ1v) is 38.2. The van der Waals surface area contributed by atoms with Crippen LogP contribution < -0.4 is 31.8 Å². The van der Waals surface area contributed by atoms with Crippen LogP contribution in [0.5, 0.6) is 0 Å². The van der Waals surface area contributed by atoms with Crippen molar-refractivity contribution in [2.45, 2.75) is 0 Å². The summed E-state index contributed by atoms with van der Waals surface area (Å²) >= 11 is 0. The van der Waals surface area contributed by atoms with E-state index in [2.05, 4.69) is 13.3 Å². The quantitative estimate of drug-likeness (QED) is 0.0495. The van der Waals surface area contributed by atoms with Crippen LogP contribution in [0, 0.1) is 0 Å². The molecule has 0 spiro atoms. The van der Waals surface area contributed by atoms with Crippen LogP contribution in [0.15, 0.2) is 146 Å². The number of methoxy groups -OCH3 is 6. The summed E-state index contributed by atoms with van der Waals surface area (Å²) in [7, 11) is 38.0. The van der Waals surface area contributed by atoms with E-state index in [9.17, 15) is 28.8 Å². The van der Waals surface area contributed by atoms with Gasteiger partial charge in [0.25, 0.3) is 0 Å². The van der Waals surface area contributed by atoms with Gasteiger partial charge in [0, 0.05) is 0 Å². The van der Waals surface area contributed by atoms with Crippen molar-refractivity contribution in [3.05, 3.63) is 179 Å². The van der Waals surface area contributed by atoms with Gasteiger partial charge in [-0.3, -0.25) is 0 Å². The number of hydrogen-bond donors (Lipinski definition) is 0. The van der Waals surface area contributed by atoms with Gasteiger partial charge in [-0.15, -0.1) is 0 Å². The number of hydrogen-bond acceptors (Lipinski definition) is 12. The van der Waals surface area contributed by atoms with E-state index in [1.165, 1.54) is 42.7 Å². The van der Waals surface area contributed by atoms with Crippen LogP contribution in [-0.2, 0) is 46.8 Å². The summed E-state index contributed by atoms with van der Waals surface area (Å²) in [6.07, 6.45) is 0. The van der Waals surface area contributed by atoms with Crippen LogP contribution in [0.2, 0.25) is 0 Å². The molecule has 0 N–H and O–H groups in total. The van der Waals surface area contributed by atoms with Crippen LogP contribution in [-0.4, -0.2) is 91.8 Å². The molecule has 0 radical (unpaired) electrons. The Morgan fingerprint density at radius 3 is 0.446 bits per heavy atom. The van der Waals surface area contributed by atoms with Crippen LogP contribution >= 0.6 is 95.3 Å². The van der Waals surface area contributed by atoms with Gasteiger partial charge in [-0.25, -0.2) is 28.8 Å². The monoisotopic (exact) mass is 1290 g/mol. The Kier molecular flexibility index (Phi) is 26.0. The molecule has 0 aliphatic rings. The second-order valence-electron chi connectivity index (χ2n) is 14.9. The molecule has 12 nitrogen and oxygen atoms in total. The zero-order valence-electron chi connectivity index (χ0n) is 40.4. The second kappa shape index (κ2) is 29.8. The standard InChI is InChI=1S/2C25H24O6P.8ClH.2Mn/c2*1-29-23(26)17-5-11-20(12-6-17)32(4,21-13-7-18(8-14-21)24(27)30-2)22-15-9-19(10-16-22)25(28)31-3;;;;;;;;;;/h2*5-16H,1-4H3;8*1H;;/q2*+1;;;;;;;;;2*+3/p-8. The molecule has 24 heteroatoms. The molecule has 0 aliphatic heterocycles. The predicted molar refractivity (Wildman–Crippen MR) is 297 cm³/mol. The second-order valence-corrected chi connectivity index (χ2v) is 45.4. The molecule has 0 aliphatic carbocycles. The third-order valence-corrected chi connectivity index (χ3v) is 18.8. The Balaban J connectivity index is 0.000000330. The molecular weight excluding hydrogens is 1250 g/mol. The van der Waals surface area contributed by atoms with E-state index in [4.69, 9.17) is 109 Å². The molecule has 0 fully saturated rings. The van der Waals surface area contributed by atoms with Crippen LogP contribution in [0.25, 0.3) is 0 Å². The molecule has 0 bridgehead atoms. The van der Waals surface area contributed by atoms with Crippen LogP contribution in [0.4, 0.5) is 0 Å². The Labute approximate surface area is 469 Å². The summed E-state index contributed by atoms with van der Waals surface area (Å²) in [6, 6.07) is 43.9. The Hall–Kier alpha value is -3.64. The van der Waals surface area contributed by atoms with Gasteiger partial charge >= 0.3 is 135 Å². The molecule has 0 saturated carbocycles. The summed E-state index contributed by atoms with van der Waals surface area (Å²) < 4.78 is 28.8. The van der Waals surface area contributed by atoms with Gasteiger partial charge in [0.15, 0.2) is 0 Å². The van der Waals surface area contributed by atoms with Crippen LogP contribution in [0.3, 0.4) is 0 Å². The average molecular weight is 1300 g/mol. The van der Waals surface area contributed by atoms with E-state index < -0.39 is 68.7 Å². The summed E-state index contributed by atoms with van der Waals surface area (Å²) in [6.45, 7) is 4.31. The van der Waals surface area contributed by atoms with E-state index in [0.29, 0.717) is 33.4 Å². The number of carbonyl (C=O) groups excluding carboxylic acids is 6. The molecule has 0 amide bonds. The van der Waals surface area contributed by atoms with Crippen molar-refractivity contribution in [3.8, 4) is 0 Å². The van der Waals surface area contributed by atoms with Crippen molar-refractivity contribution in [1.29, 1.82) is 0 Å². The number of ether oxygens (including phenoxy) is 6. The molecule has 6 rings (SSSR count). The normalized spacial score (nSPS) is 11.5. The zero-order chi connectivity index (χ0) is 55.6. The van der Waals surface area contributed by atoms with Crippen molar-refractivity contribution in [3.63, 3.8) is 0 Å². The van der Waals surface area contributed by atoms with Gasteiger partial charge in [0.05, 0.1) is 89.4 Å². The Morgan fingerprint density at radius 2 is 0.365 bits per heavy atom. The molecular formula is C50H48Cl8Mn2O12P2. The van der Waals surface area contributed by atoms with Gasteiger partial charge in [-0.1, -0.05) is 0 Å². The van der Waals surface area contributed by atoms with E-state index in [1.807, 2.05) is 72.8 Å². The Morgan fingerprint density at radius 1 is 0.270 bits per heavy atom. The van der Waals surface area contributed by atoms with E-state index in [0.717, 1.165) is 31.8 Å². The molecule has 0 heterocycles. The van der Waals surface area contributed by atoms with Crippen molar-refractivity contribution in [1.82, 2.24) is 0 Å². The van der Waals surface area contributed by atoms with Gasteiger partial charge in [0.1, 0.15) is 46.4 Å². The van der Waals surface area contributed by atoms with E-state index in [-0.39, 0.29) is 0 Å². The predicted octanol–water partition coefficient (Wildman–Crippen LogP) is 11.5. The van der Waals surface area contributed by atoms with Crippen molar-refractivity contribution in [2.24, 2.45) is 0 Å². The molecule has 0 atom stereocenters. The maximum atomic E-state index is 11.9. The van der Waals surface area contributed by atoms with E-state index >= 15 is 0 Å². The van der Waals surface area contributed by atoms with Crippen molar-refractivity contribution < 1.29 is 75.6 Å². The minimum absolute atomic E-state index is 0.401. The van der Waals surface area contributed by atoms with Crippen molar-refractivity contribution in [2.75, 3.05) is 56.0 Å². The summed E-state index contributed by atoms with van der Waals surface area (Å²) in [5, 5.41) is 6.18. The fourth-order valence-corrected chi connectivity index (χ4v) is 13.2. The first-order valence-electron chi connectivity index (χ1n) is 20.7. The number of halogens is 8. The minimum atomic E-state index is -2.74. The van der Waals surface area contributed by atoms with Gasteiger partial charge in [-0.05, 0) is 146 Å². The zero-order valence-corrected chi connectivity index (χ0v) is 50.6. The third kappa shape index (κ3) is 18.8. The maximum absolute atomic E-state index is 11.9. The van der Waals surface area contributed by atoms with Crippen molar-refractivity contribution >= 4 is 163 Å². The number of carbonyl (C=O) groups is 6. The van der Waals surface area contributed by atoms with Gasteiger partial charge < -0.3 is 28.4 Å². The molecule has 74 heavy (non-hydrogen) atoms. The van der Waals surface area contributed by atoms with Crippen LogP contribution in [0.1, 0.15) is 62.1 Å². The molecule has 0 saturated heterocycles. The van der Waals surface area contributed by atoms with Gasteiger partial charge in [-0.2, -0.15) is 0 Å². The number of benzene rings is 6. The first-order chi connectivity index (χ1) is 34.7. The molecule has 400 valence electrons. The molecule has 6 aromatic carbocycles. The topological polar surface area (TPSA) is 158 Å². The average Bonchev–Trinajstić information content (AvgIpc) is 3.40. The third-order valence-electron chi connectivity index (χ3n) is 10.8. The first kappa shape index (κ1) is 64.6.